The summed E-state index contributed by atoms with van der Waals surface area (Å²) < 4.78 is 16.0. The van der Waals surface area contributed by atoms with Gasteiger partial charge < -0.3 is 19.2 Å². The molecule has 0 radical (unpaired) electrons. The number of fused-ring (bicyclic) bond motifs is 3. The van der Waals surface area contributed by atoms with Crippen LogP contribution in [0.5, 0.6) is 11.5 Å². The second-order valence-corrected chi connectivity index (χ2v) is 7.84. The van der Waals surface area contributed by atoms with Gasteiger partial charge in [-0.05, 0) is 62.4 Å². The van der Waals surface area contributed by atoms with Crippen molar-refractivity contribution in [1.82, 2.24) is 9.97 Å². The van der Waals surface area contributed by atoms with Gasteiger partial charge in [-0.15, -0.1) is 11.3 Å². The molecule has 0 fully saturated rings. The topological polar surface area (TPSA) is 90.5 Å². The van der Waals surface area contributed by atoms with Crippen molar-refractivity contribution in [2.45, 2.75) is 39.2 Å². The maximum absolute atomic E-state index is 12.5. The number of aromatic amines is 1. The van der Waals surface area contributed by atoms with E-state index in [1.807, 2.05) is 6.92 Å². The number of carbonyl (C=O) groups excluding carboxylic acids is 1. The van der Waals surface area contributed by atoms with Crippen LogP contribution in [0.4, 0.5) is 0 Å². The number of H-pyrrole nitrogens is 1. The number of benzene rings is 1. The highest BCUT2D eigenvalue weighted by atomic mass is 32.1. The lowest BCUT2D eigenvalue weighted by atomic mass is 9.97. The number of nitrogens with zero attached hydrogens (tertiary/aromatic N) is 1. The SMILES string of the molecule is CCOc1ccc(OCC(=O)OCc2nc3sc4c(c3c(=O)[nH]2)CCCC4)cc1. The Morgan fingerprint density at radius 3 is 2.62 bits per heavy atom. The molecule has 0 amide bonds. The summed E-state index contributed by atoms with van der Waals surface area (Å²) in [6.45, 7) is 2.17. The zero-order chi connectivity index (χ0) is 20.2. The number of hydrogen-bond donors (Lipinski definition) is 1. The predicted molar refractivity (Wildman–Crippen MR) is 110 cm³/mol. The summed E-state index contributed by atoms with van der Waals surface area (Å²) in [5.74, 6) is 1.09. The lowest BCUT2D eigenvalue weighted by Gasteiger charge is -2.09. The van der Waals surface area contributed by atoms with Gasteiger partial charge in [0.05, 0.1) is 12.0 Å². The number of nitrogens with one attached hydrogen (secondary N) is 1. The number of aryl methyl sites for hydroxylation is 2. The van der Waals surface area contributed by atoms with Gasteiger partial charge in [0, 0.05) is 4.88 Å². The highest BCUT2D eigenvalue weighted by Crippen LogP contribution is 2.33. The molecule has 8 heteroatoms. The fourth-order valence-electron chi connectivity index (χ4n) is 3.41. The fraction of sp³-hybridized carbons (Fsp3) is 0.381. The molecule has 152 valence electrons. The first-order valence-corrected chi connectivity index (χ1v) is 10.5. The van der Waals surface area contributed by atoms with Gasteiger partial charge in [0.25, 0.3) is 5.56 Å². The second-order valence-electron chi connectivity index (χ2n) is 6.76. The molecule has 0 saturated carbocycles. The van der Waals surface area contributed by atoms with E-state index in [-0.39, 0.29) is 18.8 Å². The zero-order valence-electron chi connectivity index (χ0n) is 16.2. The third kappa shape index (κ3) is 4.42. The molecule has 1 aliphatic carbocycles. The summed E-state index contributed by atoms with van der Waals surface area (Å²) in [5.41, 5.74) is 0.975. The van der Waals surface area contributed by atoms with Crippen LogP contribution in [-0.2, 0) is 29.0 Å². The molecule has 7 nitrogen and oxygen atoms in total. The molecule has 3 aromatic rings. The summed E-state index contributed by atoms with van der Waals surface area (Å²) in [5, 5.41) is 0.693. The number of thiophene rings is 1. The first-order valence-electron chi connectivity index (χ1n) is 9.68. The summed E-state index contributed by atoms with van der Waals surface area (Å²) >= 11 is 1.57. The number of carbonyl (C=O) groups is 1. The molecule has 0 spiro atoms. The van der Waals surface area contributed by atoms with Gasteiger partial charge in [-0.3, -0.25) is 4.79 Å². The summed E-state index contributed by atoms with van der Waals surface area (Å²) in [7, 11) is 0. The third-order valence-corrected chi connectivity index (χ3v) is 5.92. The van der Waals surface area contributed by atoms with E-state index < -0.39 is 5.97 Å². The van der Waals surface area contributed by atoms with Gasteiger partial charge in [0.1, 0.15) is 28.8 Å². The monoisotopic (exact) mass is 414 g/mol. The Morgan fingerprint density at radius 2 is 1.86 bits per heavy atom. The molecule has 0 unspecified atom stereocenters. The number of aromatic nitrogens is 2. The van der Waals surface area contributed by atoms with Crippen LogP contribution in [0.25, 0.3) is 10.2 Å². The van der Waals surface area contributed by atoms with Gasteiger partial charge in [0.2, 0.25) is 0 Å². The molecule has 4 rings (SSSR count). The minimum Gasteiger partial charge on any atom is -0.494 e. The van der Waals surface area contributed by atoms with Crippen molar-refractivity contribution < 1.29 is 19.0 Å². The molecule has 0 bridgehead atoms. The minimum absolute atomic E-state index is 0.0980. The van der Waals surface area contributed by atoms with Gasteiger partial charge in [-0.25, -0.2) is 9.78 Å². The van der Waals surface area contributed by atoms with Gasteiger partial charge in [-0.1, -0.05) is 0 Å². The third-order valence-electron chi connectivity index (χ3n) is 4.74. The van der Waals surface area contributed by atoms with E-state index in [0.29, 0.717) is 23.6 Å². The summed E-state index contributed by atoms with van der Waals surface area (Å²) in [4.78, 5) is 33.7. The van der Waals surface area contributed by atoms with Crippen LogP contribution >= 0.6 is 11.3 Å². The molecular formula is C21H22N2O5S. The molecule has 0 atom stereocenters. The molecular weight excluding hydrogens is 392 g/mol. The Kier molecular flexibility index (Phi) is 5.80. The maximum atomic E-state index is 12.5. The normalized spacial score (nSPS) is 13.1. The summed E-state index contributed by atoms with van der Waals surface area (Å²) in [6, 6.07) is 7.00. The molecule has 1 N–H and O–H groups in total. The summed E-state index contributed by atoms with van der Waals surface area (Å²) in [6.07, 6.45) is 4.18. The fourth-order valence-corrected chi connectivity index (χ4v) is 4.69. The number of rotatable bonds is 7. The van der Waals surface area contributed by atoms with Crippen LogP contribution in [-0.4, -0.2) is 29.2 Å². The molecule has 1 aliphatic rings. The largest absolute Gasteiger partial charge is 0.494 e. The molecule has 1 aromatic carbocycles. The molecule has 0 saturated heterocycles. The number of ether oxygens (including phenoxy) is 3. The van der Waals surface area contributed by atoms with Crippen LogP contribution in [0.3, 0.4) is 0 Å². The minimum atomic E-state index is -0.535. The Balaban J connectivity index is 1.35. The lowest BCUT2D eigenvalue weighted by Crippen LogP contribution is -2.18. The maximum Gasteiger partial charge on any atom is 0.344 e. The van der Waals surface area contributed by atoms with Gasteiger partial charge >= 0.3 is 5.97 Å². The van der Waals surface area contributed by atoms with Crippen molar-refractivity contribution in [1.29, 1.82) is 0 Å². The van der Waals surface area contributed by atoms with Gasteiger partial charge in [0.15, 0.2) is 6.61 Å². The van der Waals surface area contributed by atoms with Crippen molar-refractivity contribution in [2.24, 2.45) is 0 Å². The number of esters is 1. The molecule has 0 aliphatic heterocycles. The Morgan fingerprint density at radius 1 is 1.14 bits per heavy atom. The van der Waals surface area contributed by atoms with E-state index in [0.717, 1.165) is 41.8 Å². The van der Waals surface area contributed by atoms with Crippen LogP contribution in [0, 0.1) is 0 Å². The van der Waals surface area contributed by atoms with Crippen molar-refractivity contribution in [3.63, 3.8) is 0 Å². The Bertz CT molecular complexity index is 1070. The van der Waals surface area contributed by atoms with E-state index in [1.165, 1.54) is 4.88 Å². The van der Waals surface area contributed by atoms with E-state index in [9.17, 15) is 9.59 Å². The first kappa shape index (κ1) is 19.4. The van der Waals surface area contributed by atoms with Crippen LogP contribution < -0.4 is 15.0 Å². The predicted octanol–water partition coefficient (Wildman–Crippen LogP) is 3.38. The Labute approximate surface area is 171 Å². The van der Waals surface area contributed by atoms with E-state index in [4.69, 9.17) is 14.2 Å². The van der Waals surface area contributed by atoms with Crippen molar-refractivity contribution in [3.8, 4) is 11.5 Å². The highest BCUT2D eigenvalue weighted by molar-refractivity contribution is 7.18. The van der Waals surface area contributed by atoms with Crippen molar-refractivity contribution in [3.05, 3.63) is 50.9 Å². The number of hydrogen-bond acceptors (Lipinski definition) is 7. The standard InChI is InChI=1S/C21H22N2O5S/c1-2-26-13-7-9-14(10-8-13)27-12-18(24)28-11-17-22-20(25)19-15-5-3-4-6-16(15)29-21(19)23-17/h7-10H,2-6,11-12H2,1H3,(H,22,23,25). The smallest absolute Gasteiger partial charge is 0.344 e. The van der Waals surface area contributed by atoms with Crippen LogP contribution in [0.15, 0.2) is 29.1 Å². The molecule has 2 aromatic heterocycles. The van der Waals surface area contributed by atoms with Crippen LogP contribution in [0.1, 0.15) is 36.0 Å². The van der Waals surface area contributed by atoms with Gasteiger partial charge in [-0.2, -0.15) is 0 Å². The molecule has 29 heavy (non-hydrogen) atoms. The van der Waals surface area contributed by atoms with Crippen molar-refractivity contribution >= 4 is 27.5 Å². The Hall–Kier alpha value is -2.87. The van der Waals surface area contributed by atoms with Crippen molar-refractivity contribution in [2.75, 3.05) is 13.2 Å². The lowest BCUT2D eigenvalue weighted by molar-refractivity contribution is -0.147. The van der Waals surface area contributed by atoms with E-state index in [2.05, 4.69) is 9.97 Å². The van der Waals surface area contributed by atoms with E-state index in [1.54, 1.807) is 35.6 Å². The average Bonchev–Trinajstić information content (AvgIpc) is 3.11. The average molecular weight is 414 g/mol. The highest BCUT2D eigenvalue weighted by Gasteiger charge is 2.20. The van der Waals surface area contributed by atoms with Crippen LogP contribution in [0.2, 0.25) is 0 Å². The first-order chi connectivity index (χ1) is 14.1. The second kappa shape index (κ2) is 8.65. The zero-order valence-corrected chi connectivity index (χ0v) is 17.0. The quantitative estimate of drug-likeness (QED) is 0.596. The van der Waals surface area contributed by atoms with E-state index >= 15 is 0 Å². The molecule has 2 heterocycles.